The molecule has 0 saturated heterocycles. The maximum Gasteiger partial charge on any atom is 0.451 e. The van der Waals surface area contributed by atoms with Gasteiger partial charge in [-0.3, -0.25) is 0 Å². The van der Waals surface area contributed by atoms with Crippen LogP contribution in [0.2, 0.25) is 0 Å². The van der Waals surface area contributed by atoms with E-state index >= 15 is 0 Å². The molecule has 5 heteroatoms. The van der Waals surface area contributed by atoms with Gasteiger partial charge in [-0.15, -0.1) is 0 Å². The summed E-state index contributed by atoms with van der Waals surface area (Å²) in [4.78, 5) is 6.04. The summed E-state index contributed by atoms with van der Waals surface area (Å²) >= 11 is 0. The van der Waals surface area contributed by atoms with E-state index in [9.17, 15) is 13.2 Å². The first-order valence-electron chi connectivity index (χ1n) is 4.57. The number of nitrogens with zero attached hydrogens (tertiary/aromatic N) is 2. The number of amidine groups is 1. The summed E-state index contributed by atoms with van der Waals surface area (Å²) in [6.45, 7) is 8.70. The number of hydrogen-bond acceptors (Lipinski definition) is 1. The average molecular weight is 220 g/mol. The maximum atomic E-state index is 12.1. The smallest absolute Gasteiger partial charge is 0.241 e. The predicted octanol–water partition coefficient (Wildman–Crippen LogP) is 3.45. The lowest BCUT2D eigenvalue weighted by Gasteiger charge is -2.08. The first kappa shape index (κ1) is 13.9. The third-order valence-electron chi connectivity index (χ3n) is 2.04. The lowest BCUT2D eigenvalue weighted by Crippen LogP contribution is -2.20. The fraction of sp³-hybridized carbons (Fsp3) is 0.600. The summed E-state index contributed by atoms with van der Waals surface area (Å²) < 4.78 is 36.3. The zero-order valence-electron chi connectivity index (χ0n) is 9.04. The summed E-state index contributed by atoms with van der Waals surface area (Å²) in [6.07, 6.45) is -1.79. The zero-order valence-corrected chi connectivity index (χ0v) is 9.04. The standard InChI is InChI=1S/C10H15F3N2/c1-7(2)8(3)5-6-15-9(14-4)10(11,12)13/h5-8H,4H2,1-3H3/b6-5+,15-9?/t8-/m1/s1. The van der Waals surface area contributed by atoms with Crippen molar-refractivity contribution in [1.29, 1.82) is 0 Å². The molecule has 15 heavy (non-hydrogen) atoms. The first-order chi connectivity index (χ1) is 6.79. The van der Waals surface area contributed by atoms with Crippen LogP contribution in [-0.2, 0) is 0 Å². The highest BCUT2D eigenvalue weighted by Crippen LogP contribution is 2.18. The van der Waals surface area contributed by atoms with Gasteiger partial charge in [-0.05, 0) is 18.6 Å². The van der Waals surface area contributed by atoms with E-state index in [-0.39, 0.29) is 5.92 Å². The van der Waals surface area contributed by atoms with E-state index in [1.165, 1.54) is 0 Å². The summed E-state index contributed by atoms with van der Waals surface area (Å²) in [5.74, 6) is -0.676. The molecule has 0 amide bonds. The second-order valence-electron chi connectivity index (χ2n) is 3.55. The lowest BCUT2D eigenvalue weighted by molar-refractivity contribution is -0.0596. The molecule has 0 aliphatic carbocycles. The number of hydrogen-bond donors (Lipinski definition) is 0. The predicted molar refractivity (Wildman–Crippen MR) is 56.2 cm³/mol. The molecule has 2 nitrogen and oxygen atoms in total. The summed E-state index contributed by atoms with van der Waals surface area (Å²) in [5, 5.41) is 0. The van der Waals surface area contributed by atoms with Crippen molar-refractivity contribution in [2.75, 3.05) is 0 Å². The maximum absolute atomic E-state index is 12.1. The Balaban J connectivity index is 4.55. The first-order valence-corrected chi connectivity index (χ1v) is 4.57. The Morgan fingerprint density at radius 1 is 1.27 bits per heavy atom. The number of rotatable bonds is 3. The Bertz CT molecular complexity index is 264. The van der Waals surface area contributed by atoms with Gasteiger partial charge in [0.25, 0.3) is 0 Å². The Morgan fingerprint density at radius 2 is 1.80 bits per heavy atom. The Morgan fingerprint density at radius 3 is 2.13 bits per heavy atom. The van der Waals surface area contributed by atoms with Crippen molar-refractivity contribution in [1.82, 2.24) is 0 Å². The highest BCUT2D eigenvalue weighted by Gasteiger charge is 2.34. The van der Waals surface area contributed by atoms with E-state index in [2.05, 4.69) is 16.7 Å². The fourth-order valence-corrected chi connectivity index (χ4v) is 0.675. The van der Waals surface area contributed by atoms with Crippen LogP contribution < -0.4 is 0 Å². The number of halogens is 3. The molecule has 1 atom stereocenters. The quantitative estimate of drug-likeness (QED) is 0.514. The molecular formula is C10H15F3N2. The van der Waals surface area contributed by atoms with Gasteiger partial charge >= 0.3 is 6.18 Å². The molecule has 0 radical (unpaired) electrons. The van der Waals surface area contributed by atoms with Crippen LogP contribution in [0.4, 0.5) is 13.2 Å². The Labute approximate surface area is 87.6 Å². The number of alkyl halides is 3. The van der Waals surface area contributed by atoms with Crippen LogP contribution in [0.25, 0.3) is 0 Å². The molecule has 0 spiro atoms. The molecule has 0 aliphatic rings. The van der Waals surface area contributed by atoms with E-state index < -0.39 is 12.0 Å². The minimum Gasteiger partial charge on any atom is -0.241 e. The van der Waals surface area contributed by atoms with Crippen molar-refractivity contribution in [3.63, 3.8) is 0 Å². The molecule has 0 bridgehead atoms. The molecule has 0 aromatic carbocycles. The minimum absolute atomic E-state index is 0.174. The second kappa shape index (κ2) is 5.68. The van der Waals surface area contributed by atoms with Crippen molar-refractivity contribution in [3.8, 4) is 0 Å². The van der Waals surface area contributed by atoms with E-state index in [4.69, 9.17) is 0 Å². The molecule has 0 rings (SSSR count). The van der Waals surface area contributed by atoms with Crippen molar-refractivity contribution in [2.45, 2.75) is 26.9 Å². The van der Waals surface area contributed by atoms with Gasteiger partial charge in [0.1, 0.15) is 0 Å². The largest absolute Gasteiger partial charge is 0.451 e. The van der Waals surface area contributed by atoms with E-state index in [0.29, 0.717) is 5.92 Å². The normalized spacial score (nSPS) is 16.1. The molecule has 86 valence electrons. The lowest BCUT2D eigenvalue weighted by atomic mass is 9.98. The Kier molecular flexibility index (Phi) is 5.25. The van der Waals surface area contributed by atoms with Crippen LogP contribution in [0.5, 0.6) is 0 Å². The van der Waals surface area contributed by atoms with Gasteiger partial charge in [-0.25, -0.2) is 9.98 Å². The molecule has 0 N–H and O–H groups in total. The van der Waals surface area contributed by atoms with E-state index in [1.807, 2.05) is 20.8 Å². The van der Waals surface area contributed by atoms with Gasteiger partial charge < -0.3 is 0 Å². The van der Waals surface area contributed by atoms with Crippen LogP contribution in [0.3, 0.4) is 0 Å². The fourth-order valence-electron chi connectivity index (χ4n) is 0.675. The highest BCUT2D eigenvalue weighted by atomic mass is 19.4. The minimum atomic E-state index is -4.53. The van der Waals surface area contributed by atoms with Crippen molar-refractivity contribution in [2.24, 2.45) is 21.8 Å². The summed E-state index contributed by atoms with van der Waals surface area (Å²) in [5.41, 5.74) is 0. The second-order valence-corrected chi connectivity index (χ2v) is 3.55. The van der Waals surface area contributed by atoms with E-state index in [0.717, 1.165) is 6.20 Å². The number of allylic oxidation sites excluding steroid dienone is 1. The SMILES string of the molecule is C=NC(=N/C=C/[C@@H](C)C(C)C)C(F)(F)F. The van der Waals surface area contributed by atoms with Crippen LogP contribution >= 0.6 is 0 Å². The molecular weight excluding hydrogens is 205 g/mol. The van der Waals surface area contributed by atoms with Crippen molar-refractivity contribution >= 4 is 12.6 Å². The van der Waals surface area contributed by atoms with Gasteiger partial charge in [-0.1, -0.05) is 26.8 Å². The van der Waals surface area contributed by atoms with Gasteiger partial charge in [0, 0.05) is 6.20 Å². The van der Waals surface area contributed by atoms with Gasteiger partial charge in [0.05, 0.1) is 0 Å². The van der Waals surface area contributed by atoms with Gasteiger partial charge in [0.15, 0.2) is 0 Å². The molecule has 0 unspecified atom stereocenters. The zero-order chi connectivity index (χ0) is 12.1. The third kappa shape index (κ3) is 5.34. The van der Waals surface area contributed by atoms with Crippen molar-refractivity contribution in [3.05, 3.63) is 12.3 Å². The molecule has 0 aliphatic heterocycles. The third-order valence-corrected chi connectivity index (χ3v) is 2.04. The van der Waals surface area contributed by atoms with Gasteiger partial charge in [-0.2, -0.15) is 13.2 Å². The van der Waals surface area contributed by atoms with E-state index in [1.54, 1.807) is 6.08 Å². The topological polar surface area (TPSA) is 24.7 Å². The molecule has 0 aromatic heterocycles. The molecule has 0 aromatic rings. The summed E-state index contributed by atoms with van der Waals surface area (Å²) in [7, 11) is 0. The monoisotopic (exact) mass is 220 g/mol. The number of aliphatic imine (C=N–C) groups is 2. The van der Waals surface area contributed by atoms with Crippen LogP contribution in [0.1, 0.15) is 20.8 Å². The van der Waals surface area contributed by atoms with Crippen LogP contribution in [-0.4, -0.2) is 18.7 Å². The van der Waals surface area contributed by atoms with Gasteiger partial charge in [0.2, 0.25) is 5.84 Å². The molecule has 0 fully saturated rings. The van der Waals surface area contributed by atoms with Crippen LogP contribution in [0, 0.1) is 11.8 Å². The van der Waals surface area contributed by atoms with Crippen molar-refractivity contribution < 1.29 is 13.2 Å². The highest BCUT2D eigenvalue weighted by molar-refractivity contribution is 5.91. The molecule has 0 heterocycles. The Hall–Kier alpha value is -1.13. The summed E-state index contributed by atoms with van der Waals surface area (Å²) in [6, 6.07) is 0. The molecule has 0 saturated carbocycles. The average Bonchev–Trinajstić information content (AvgIpc) is 2.09. The van der Waals surface area contributed by atoms with Crippen LogP contribution in [0.15, 0.2) is 22.3 Å².